The summed E-state index contributed by atoms with van der Waals surface area (Å²) in [7, 11) is 0. The van der Waals surface area contributed by atoms with Crippen molar-refractivity contribution >= 4 is 0 Å². The minimum absolute atomic E-state index is 0.214. The third-order valence-corrected chi connectivity index (χ3v) is 2.14. The Labute approximate surface area is 88.8 Å². The van der Waals surface area contributed by atoms with Gasteiger partial charge in [0.25, 0.3) is 0 Å². The van der Waals surface area contributed by atoms with Crippen molar-refractivity contribution in [3.05, 3.63) is 54.1 Å². The Bertz CT molecular complexity index is 449. The van der Waals surface area contributed by atoms with E-state index in [9.17, 15) is 5.11 Å². The van der Waals surface area contributed by atoms with Crippen molar-refractivity contribution in [3.8, 4) is 17.2 Å². The Hall–Kier alpha value is -1.96. The summed E-state index contributed by atoms with van der Waals surface area (Å²) in [5.41, 5.74) is 0.997. The van der Waals surface area contributed by atoms with Gasteiger partial charge in [-0.3, -0.25) is 0 Å². The molecular formula is C13H12O2. The first-order chi connectivity index (χ1) is 7.25. The van der Waals surface area contributed by atoms with E-state index < -0.39 is 0 Å². The van der Waals surface area contributed by atoms with Gasteiger partial charge in [-0.2, -0.15) is 0 Å². The molecule has 0 aliphatic rings. The number of hydrogen-bond donors (Lipinski definition) is 1. The minimum Gasteiger partial charge on any atom is -0.508 e. The molecule has 2 aromatic carbocycles. The van der Waals surface area contributed by atoms with Gasteiger partial charge in [-0.1, -0.05) is 24.3 Å². The molecule has 0 atom stereocenters. The number of phenolic OH excluding ortho intramolecular Hbond substituents is 1. The fourth-order valence-electron chi connectivity index (χ4n) is 1.31. The monoisotopic (exact) mass is 200 g/mol. The predicted octanol–water partition coefficient (Wildman–Crippen LogP) is 3.49. The number of para-hydroxylation sites is 1. The van der Waals surface area contributed by atoms with Crippen molar-refractivity contribution in [1.29, 1.82) is 0 Å². The molecule has 0 saturated carbocycles. The summed E-state index contributed by atoms with van der Waals surface area (Å²) in [5, 5.41) is 9.34. The zero-order valence-corrected chi connectivity index (χ0v) is 8.47. The normalized spacial score (nSPS) is 9.93. The van der Waals surface area contributed by atoms with Gasteiger partial charge in [-0.15, -0.1) is 0 Å². The number of hydrogen-bond acceptors (Lipinski definition) is 2. The summed E-state index contributed by atoms with van der Waals surface area (Å²) in [5.74, 6) is 1.67. The van der Waals surface area contributed by atoms with E-state index in [1.54, 1.807) is 12.1 Å². The van der Waals surface area contributed by atoms with E-state index in [-0.39, 0.29) is 5.75 Å². The van der Waals surface area contributed by atoms with Crippen molar-refractivity contribution in [2.75, 3.05) is 0 Å². The van der Waals surface area contributed by atoms with Crippen LogP contribution in [-0.4, -0.2) is 5.11 Å². The molecule has 0 amide bonds. The van der Waals surface area contributed by atoms with Crippen molar-refractivity contribution in [3.63, 3.8) is 0 Å². The van der Waals surface area contributed by atoms with Gasteiger partial charge in [0, 0.05) is 6.07 Å². The van der Waals surface area contributed by atoms with Gasteiger partial charge < -0.3 is 9.84 Å². The Balaban J connectivity index is 2.28. The number of rotatable bonds is 2. The first kappa shape index (κ1) is 9.59. The average molecular weight is 200 g/mol. The lowest BCUT2D eigenvalue weighted by Crippen LogP contribution is -1.86. The summed E-state index contributed by atoms with van der Waals surface area (Å²) in [6.07, 6.45) is 0. The zero-order valence-electron chi connectivity index (χ0n) is 8.47. The molecule has 0 fully saturated rings. The zero-order chi connectivity index (χ0) is 10.7. The molecule has 0 aliphatic carbocycles. The van der Waals surface area contributed by atoms with Gasteiger partial charge in [0.1, 0.15) is 17.2 Å². The molecular weight excluding hydrogens is 188 g/mol. The van der Waals surface area contributed by atoms with Gasteiger partial charge in [0.2, 0.25) is 0 Å². The summed E-state index contributed by atoms with van der Waals surface area (Å²) >= 11 is 0. The number of aryl methyl sites for hydroxylation is 1. The van der Waals surface area contributed by atoms with Crippen molar-refractivity contribution in [2.24, 2.45) is 0 Å². The Morgan fingerprint density at radius 1 is 1.00 bits per heavy atom. The van der Waals surface area contributed by atoms with Gasteiger partial charge in [-0.25, -0.2) is 0 Å². The number of aromatic hydroxyl groups is 1. The summed E-state index contributed by atoms with van der Waals surface area (Å²) in [6, 6.07) is 14.6. The number of phenols is 1. The highest BCUT2D eigenvalue weighted by Crippen LogP contribution is 2.27. The fourth-order valence-corrected chi connectivity index (χ4v) is 1.31. The van der Waals surface area contributed by atoms with Crippen molar-refractivity contribution in [2.45, 2.75) is 6.92 Å². The lowest BCUT2D eigenvalue weighted by molar-refractivity contribution is 0.453. The van der Waals surface area contributed by atoms with Crippen LogP contribution in [0.4, 0.5) is 0 Å². The van der Waals surface area contributed by atoms with E-state index >= 15 is 0 Å². The molecule has 2 nitrogen and oxygen atoms in total. The van der Waals surface area contributed by atoms with Gasteiger partial charge in [0.05, 0.1) is 0 Å². The summed E-state index contributed by atoms with van der Waals surface area (Å²) in [4.78, 5) is 0. The molecule has 0 aliphatic heterocycles. The van der Waals surface area contributed by atoms with Crippen LogP contribution in [-0.2, 0) is 0 Å². The maximum Gasteiger partial charge on any atom is 0.134 e. The summed E-state index contributed by atoms with van der Waals surface area (Å²) in [6.45, 7) is 1.94. The van der Waals surface area contributed by atoms with E-state index in [2.05, 4.69) is 0 Å². The number of ether oxygens (including phenoxy) is 1. The van der Waals surface area contributed by atoms with Gasteiger partial charge in [-0.05, 0) is 30.7 Å². The molecule has 2 heteroatoms. The third-order valence-electron chi connectivity index (χ3n) is 2.14. The lowest BCUT2D eigenvalue weighted by atomic mass is 10.2. The van der Waals surface area contributed by atoms with E-state index in [0.29, 0.717) is 5.75 Å². The fraction of sp³-hybridized carbons (Fsp3) is 0.0769. The van der Waals surface area contributed by atoms with E-state index in [0.717, 1.165) is 11.3 Å². The topological polar surface area (TPSA) is 29.5 Å². The van der Waals surface area contributed by atoms with Crippen LogP contribution in [0.2, 0.25) is 0 Å². The largest absolute Gasteiger partial charge is 0.508 e. The van der Waals surface area contributed by atoms with Gasteiger partial charge in [0.15, 0.2) is 0 Å². The summed E-state index contributed by atoms with van der Waals surface area (Å²) < 4.78 is 5.63. The average Bonchev–Trinajstić information content (AvgIpc) is 2.25. The second-order valence-corrected chi connectivity index (χ2v) is 3.36. The second-order valence-electron chi connectivity index (χ2n) is 3.36. The minimum atomic E-state index is 0.214. The smallest absolute Gasteiger partial charge is 0.134 e. The van der Waals surface area contributed by atoms with Crippen LogP contribution < -0.4 is 4.74 Å². The molecule has 1 N–H and O–H groups in total. The van der Waals surface area contributed by atoms with Crippen LogP contribution in [0.3, 0.4) is 0 Å². The third kappa shape index (κ3) is 2.29. The van der Waals surface area contributed by atoms with Crippen LogP contribution in [0.1, 0.15) is 5.56 Å². The molecule has 0 aromatic heterocycles. The molecule has 0 saturated heterocycles. The standard InChI is InChI=1S/C13H12O2/c1-10-7-8-11(14)9-13(10)15-12-5-3-2-4-6-12/h2-9,14H,1H3. The van der Waals surface area contributed by atoms with E-state index in [1.165, 1.54) is 0 Å². The van der Waals surface area contributed by atoms with Gasteiger partial charge >= 0.3 is 0 Å². The molecule has 76 valence electrons. The van der Waals surface area contributed by atoms with Crippen molar-refractivity contribution in [1.82, 2.24) is 0 Å². The highest BCUT2D eigenvalue weighted by Gasteiger charge is 2.01. The van der Waals surface area contributed by atoms with E-state index in [4.69, 9.17) is 4.74 Å². The highest BCUT2D eigenvalue weighted by molar-refractivity contribution is 5.41. The lowest BCUT2D eigenvalue weighted by Gasteiger charge is -2.08. The Kier molecular flexibility index (Phi) is 2.59. The molecule has 0 spiro atoms. The highest BCUT2D eigenvalue weighted by atomic mass is 16.5. The quantitative estimate of drug-likeness (QED) is 0.804. The first-order valence-corrected chi connectivity index (χ1v) is 4.78. The molecule has 2 aromatic rings. The maximum absolute atomic E-state index is 9.34. The van der Waals surface area contributed by atoms with E-state index in [1.807, 2.05) is 43.3 Å². The van der Waals surface area contributed by atoms with Crippen LogP contribution in [0.15, 0.2) is 48.5 Å². The van der Waals surface area contributed by atoms with Crippen LogP contribution in [0, 0.1) is 6.92 Å². The maximum atomic E-state index is 9.34. The second kappa shape index (κ2) is 4.05. The Morgan fingerprint density at radius 2 is 1.73 bits per heavy atom. The van der Waals surface area contributed by atoms with Crippen LogP contribution in [0.5, 0.6) is 17.2 Å². The first-order valence-electron chi connectivity index (χ1n) is 4.78. The number of benzene rings is 2. The Morgan fingerprint density at radius 3 is 2.47 bits per heavy atom. The van der Waals surface area contributed by atoms with Crippen molar-refractivity contribution < 1.29 is 9.84 Å². The van der Waals surface area contributed by atoms with Crippen LogP contribution >= 0.6 is 0 Å². The van der Waals surface area contributed by atoms with Crippen LogP contribution in [0.25, 0.3) is 0 Å². The molecule has 0 heterocycles. The molecule has 0 bridgehead atoms. The molecule has 0 radical (unpaired) electrons. The molecule has 0 unspecified atom stereocenters. The predicted molar refractivity (Wildman–Crippen MR) is 59.4 cm³/mol. The SMILES string of the molecule is Cc1ccc(O)cc1Oc1ccccc1. The molecule has 15 heavy (non-hydrogen) atoms. The molecule has 2 rings (SSSR count).